The van der Waals surface area contributed by atoms with Gasteiger partial charge in [0.05, 0.1) is 29.8 Å². The molecule has 228 valence electrons. The Hall–Kier alpha value is -5.20. The lowest BCUT2D eigenvalue weighted by molar-refractivity contribution is -0.384. The molecule has 2 aromatic heterocycles. The average molecular weight is 627 g/mol. The zero-order valence-corrected chi connectivity index (χ0v) is 24.1. The number of pyridine rings is 1. The number of benzene rings is 2. The zero-order valence-electron chi connectivity index (χ0n) is 23.3. The van der Waals surface area contributed by atoms with Crippen molar-refractivity contribution in [3.63, 3.8) is 0 Å². The first-order valence-corrected chi connectivity index (χ1v) is 13.6. The third-order valence-electron chi connectivity index (χ3n) is 6.76. The fourth-order valence-electron chi connectivity index (χ4n) is 4.49. The third-order valence-corrected chi connectivity index (χ3v) is 7.82. The van der Waals surface area contributed by atoms with Crippen molar-refractivity contribution >= 4 is 33.1 Å². The van der Waals surface area contributed by atoms with Crippen molar-refractivity contribution in [1.82, 2.24) is 9.99 Å². The summed E-state index contributed by atoms with van der Waals surface area (Å²) in [5.41, 5.74) is 3.13. The van der Waals surface area contributed by atoms with Crippen LogP contribution in [0.4, 0.5) is 18.9 Å². The molecule has 0 spiro atoms. The van der Waals surface area contributed by atoms with E-state index in [4.69, 9.17) is 21.1 Å². The van der Waals surface area contributed by atoms with Gasteiger partial charge in [0.2, 0.25) is 11.5 Å². The molecule has 2 aromatic carbocycles. The summed E-state index contributed by atoms with van der Waals surface area (Å²) in [5.74, 6) is 5.09. The molecule has 0 saturated carbocycles. The van der Waals surface area contributed by atoms with Gasteiger partial charge in [-0.3, -0.25) is 10.1 Å². The number of thiophene rings is 1. The maximum Gasteiger partial charge on any atom is 0.434 e. The number of alkyl halides is 3. The van der Waals surface area contributed by atoms with Gasteiger partial charge in [-0.1, -0.05) is 19.1 Å². The van der Waals surface area contributed by atoms with Crippen molar-refractivity contribution in [1.29, 1.82) is 5.26 Å². The Morgan fingerprint density at radius 1 is 1.20 bits per heavy atom. The van der Waals surface area contributed by atoms with Crippen LogP contribution in [0.15, 0.2) is 72.7 Å². The van der Waals surface area contributed by atoms with Crippen molar-refractivity contribution in [3.8, 4) is 23.1 Å². The molecule has 11 nitrogen and oxygen atoms in total. The zero-order chi connectivity index (χ0) is 32.2. The molecule has 0 aliphatic rings. The van der Waals surface area contributed by atoms with E-state index in [1.165, 1.54) is 18.4 Å². The minimum absolute atomic E-state index is 0.0796. The number of carbonyl (C=O) groups excluding carboxylic acids is 1. The first kappa shape index (κ1) is 31.7. The Bertz CT molecular complexity index is 1770. The summed E-state index contributed by atoms with van der Waals surface area (Å²) >= 11 is 1.24. The first-order valence-electron chi connectivity index (χ1n) is 12.8. The number of nitrogens with two attached hydrogens (primary N) is 2. The Morgan fingerprint density at radius 2 is 1.91 bits per heavy atom. The van der Waals surface area contributed by atoms with E-state index in [1.54, 1.807) is 36.5 Å². The second kappa shape index (κ2) is 12.6. The highest BCUT2D eigenvalue weighted by molar-refractivity contribution is 7.20. The molecular weight excluding hydrogens is 601 g/mol. The van der Waals surface area contributed by atoms with E-state index >= 15 is 0 Å². The van der Waals surface area contributed by atoms with Crippen LogP contribution in [0, 0.1) is 21.4 Å². The summed E-state index contributed by atoms with van der Waals surface area (Å²) in [4.78, 5) is 27.5. The second-order valence-electron chi connectivity index (χ2n) is 9.47. The van der Waals surface area contributed by atoms with Crippen molar-refractivity contribution in [2.45, 2.75) is 31.7 Å². The molecule has 44 heavy (non-hydrogen) atoms. The van der Waals surface area contributed by atoms with Crippen LogP contribution >= 0.6 is 11.3 Å². The van der Waals surface area contributed by atoms with E-state index in [0.29, 0.717) is 27.4 Å². The van der Waals surface area contributed by atoms with Gasteiger partial charge in [-0.15, -0.1) is 11.3 Å². The Labute approximate surface area is 252 Å². The van der Waals surface area contributed by atoms with Crippen LogP contribution in [0.5, 0.6) is 5.88 Å². The standard InChI is InChI=1S/C29H25F3N6O5S/c1-3-28(29(30,31)32,43-27(39)18-5-8-20(9-6-18)38(40)41)24(34)16-37(35)15-17-4-10-21-22(12-17)44-23(13-33)26(21)19-7-11-25(42-2)36-14-19/h4-12,14,16H,3,15,34-35H2,1-2H3/b24-16-. The van der Waals surface area contributed by atoms with Gasteiger partial charge in [0.15, 0.2) is 0 Å². The Balaban J connectivity index is 1.60. The lowest BCUT2D eigenvalue weighted by Gasteiger charge is -2.35. The number of hydrogen-bond acceptors (Lipinski definition) is 11. The van der Waals surface area contributed by atoms with Gasteiger partial charge >= 0.3 is 12.1 Å². The van der Waals surface area contributed by atoms with Crippen LogP contribution < -0.4 is 16.3 Å². The fraction of sp³-hybridized carbons (Fsp3) is 0.207. The summed E-state index contributed by atoms with van der Waals surface area (Å²) in [5, 5.41) is 22.3. The predicted molar refractivity (Wildman–Crippen MR) is 156 cm³/mol. The quantitative estimate of drug-likeness (QED) is 0.0949. The number of non-ortho nitro benzene ring substituents is 1. The van der Waals surface area contributed by atoms with Crippen molar-refractivity contribution in [2.24, 2.45) is 11.6 Å². The van der Waals surface area contributed by atoms with Gasteiger partial charge in [0.25, 0.3) is 5.69 Å². The number of nitrogens with zero attached hydrogens (tertiary/aromatic N) is 4. The highest BCUT2D eigenvalue weighted by Gasteiger charge is 2.59. The number of hydrogen-bond donors (Lipinski definition) is 2. The molecule has 4 aromatic rings. The number of fused-ring (bicyclic) bond motifs is 1. The Morgan fingerprint density at radius 3 is 2.45 bits per heavy atom. The number of halogens is 3. The molecule has 1 atom stereocenters. The molecule has 1 unspecified atom stereocenters. The number of carbonyl (C=O) groups is 1. The summed E-state index contributed by atoms with van der Waals surface area (Å²) < 4.78 is 54.0. The number of nitriles is 1. The molecule has 4 rings (SSSR count). The fourth-order valence-corrected chi connectivity index (χ4v) is 5.57. The van der Waals surface area contributed by atoms with Gasteiger partial charge in [-0.2, -0.15) is 18.4 Å². The molecule has 15 heteroatoms. The summed E-state index contributed by atoms with van der Waals surface area (Å²) in [6, 6.07) is 14.8. The van der Waals surface area contributed by atoms with Crippen molar-refractivity contribution in [2.75, 3.05) is 7.11 Å². The minimum Gasteiger partial charge on any atom is -0.481 e. The van der Waals surface area contributed by atoms with Gasteiger partial charge in [-0.05, 0) is 36.2 Å². The third kappa shape index (κ3) is 6.26. The molecule has 4 N–H and O–H groups in total. The topological polar surface area (TPSA) is 171 Å². The molecule has 0 radical (unpaired) electrons. The number of rotatable bonds is 10. The normalized spacial score (nSPS) is 13.2. The van der Waals surface area contributed by atoms with Crippen LogP contribution in [0.2, 0.25) is 0 Å². The van der Waals surface area contributed by atoms with E-state index in [-0.39, 0.29) is 17.8 Å². The van der Waals surface area contributed by atoms with Crippen molar-refractivity contribution < 1.29 is 32.4 Å². The number of methoxy groups -OCH3 is 1. The van der Waals surface area contributed by atoms with E-state index in [0.717, 1.165) is 52.5 Å². The van der Waals surface area contributed by atoms with E-state index in [2.05, 4.69) is 11.1 Å². The van der Waals surface area contributed by atoms with Crippen LogP contribution in [-0.4, -0.2) is 39.8 Å². The number of hydrazine groups is 1. The highest BCUT2D eigenvalue weighted by Crippen LogP contribution is 2.42. The van der Waals surface area contributed by atoms with Crippen LogP contribution in [0.25, 0.3) is 21.2 Å². The number of ether oxygens (including phenoxy) is 2. The lowest BCUT2D eigenvalue weighted by atomic mass is 9.95. The monoisotopic (exact) mass is 626 g/mol. The number of nitro benzene ring substituents is 1. The van der Waals surface area contributed by atoms with Gasteiger partial charge in [-0.25, -0.2) is 15.6 Å². The smallest absolute Gasteiger partial charge is 0.434 e. The molecule has 0 aliphatic carbocycles. The SMILES string of the molecule is CCC(OC(=O)c1ccc([N+](=O)[O-])cc1)(/C(N)=C/N(N)Cc1ccc2c(-c3ccc(OC)nc3)c(C#N)sc2c1)C(F)(F)F. The molecular formula is C29H25F3N6O5S. The summed E-state index contributed by atoms with van der Waals surface area (Å²) in [7, 11) is 1.49. The van der Waals surface area contributed by atoms with Crippen LogP contribution in [0.3, 0.4) is 0 Å². The molecule has 0 saturated heterocycles. The van der Waals surface area contributed by atoms with Crippen LogP contribution in [0.1, 0.15) is 34.1 Å². The second-order valence-corrected chi connectivity index (χ2v) is 10.5. The van der Waals surface area contributed by atoms with Gasteiger partial charge in [0, 0.05) is 51.8 Å². The van der Waals surface area contributed by atoms with Crippen LogP contribution in [-0.2, 0) is 11.3 Å². The average Bonchev–Trinajstić information content (AvgIpc) is 3.36. The summed E-state index contributed by atoms with van der Waals surface area (Å²) in [6.07, 6.45) is -3.46. The van der Waals surface area contributed by atoms with E-state index in [1.807, 2.05) is 0 Å². The largest absolute Gasteiger partial charge is 0.481 e. The predicted octanol–water partition coefficient (Wildman–Crippen LogP) is 5.80. The molecule has 0 aliphatic heterocycles. The van der Waals surface area contributed by atoms with Gasteiger partial charge < -0.3 is 20.2 Å². The lowest BCUT2D eigenvalue weighted by Crippen LogP contribution is -2.53. The minimum atomic E-state index is -5.13. The van der Waals surface area contributed by atoms with Crippen molar-refractivity contribution in [3.05, 3.63) is 98.8 Å². The Kier molecular flexibility index (Phi) is 9.07. The van der Waals surface area contributed by atoms with E-state index < -0.39 is 34.8 Å². The molecule has 0 amide bonds. The first-order chi connectivity index (χ1) is 20.8. The summed E-state index contributed by atoms with van der Waals surface area (Å²) in [6.45, 7) is 1.06. The number of esters is 1. The highest BCUT2D eigenvalue weighted by atomic mass is 32.1. The van der Waals surface area contributed by atoms with Gasteiger partial charge in [0.1, 0.15) is 10.9 Å². The molecule has 0 fully saturated rings. The number of nitro groups is 1. The maximum absolute atomic E-state index is 14.4. The number of aromatic nitrogens is 1. The maximum atomic E-state index is 14.4. The van der Waals surface area contributed by atoms with E-state index in [9.17, 15) is 33.3 Å². The molecule has 2 heterocycles. The molecule has 0 bridgehead atoms.